The molecule has 2 aromatic carbocycles. The minimum absolute atomic E-state index is 0.00559. The van der Waals surface area contributed by atoms with Gasteiger partial charge >= 0.3 is 12.0 Å². The normalized spacial score (nSPS) is 12.0. The first-order chi connectivity index (χ1) is 16.5. The third-order valence-electron chi connectivity index (χ3n) is 5.22. The summed E-state index contributed by atoms with van der Waals surface area (Å²) in [5.74, 6) is -1.25. The van der Waals surface area contributed by atoms with Gasteiger partial charge in [0.1, 0.15) is 5.82 Å². The molecule has 2 aromatic rings. The summed E-state index contributed by atoms with van der Waals surface area (Å²) in [5, 5.41) is 14.9. The van der Waals surface area contributed by atoms with Crippen LogP contribution in [0.5, 0.6) is 0 Å². The molecule has 192 valence electrons. The monoisotopic (exact) mass is 507 g/mol. The smallest absolute Gasteiger partial charge is 0.323 e. The fraction of sp³-hybridized carbons (Fsp3) is 0.462. The van der Waals surface area contributed by atoms with Crippen molar-refractivity contribution < 1.29 is 23.8 Å². The molecule has 0 saturated carbocycles. The van der Waals surface area contributed by atoms with E-state index in [1.54, 1.807) is 6.07 Å². The van der Waals surface area contributed by atoms with Crippen LogP contribution in [0, 0.1) is 17.7 Å². The van der Waals surface area contributed by atoms with Crippen LogP contribution in [0.1, 0.15) is 45.6 Å². The predicted molar refractivity (Wildman–Crippen MR) is 139 cm³/mol. The summed E-state index contributed by atoms with van der Waals surface area (Å²) in [6.07, 6.45) is -0.115. The molecule has 0 radical (unpaired) electrons. The van der Waals surface area contributed by atoms with Crippen molar-refractivity contribution in [2.75, 3.05) is 42.3 Å². The number of carboxylic acids is 1. The van der Waals surface area contributed by atoms with Crippen molar-refractivity contribution in [3.05, 3.63) is 52.8 Å². The van der Waals surface area contributed by atoms with Gasteiger partial charge in [-0.25, -0.2) is 9.18 Å². The topological polar surface area (TPSA) is 90.9 Å². The number of carbonyl (C=O) groups is 2. The third kappa shape index (κ3) is 9.03. The van der Waals surface area contributed by atoms with Crippen molar-refractivity contribution in [2.45, 2.75) is 40.0 Å². The fourth-order valence-electron chi connectivity index (χ4n) is 3.89. The maximum Gasteiger partial charge on any atom is 0.323 e. The first kappa shape index (κ1) is 28.4. The highest BCUT2D eigenvalue weighted by atomic mass is 35.5. The van der Waals surface area contributed by atoms with Crippen LogP contribution in [0.3, 0.4) is 0 Å². The molecule has 0 saturated heterocycles. The average Bonchev–Trinajstić information content (AvgIpc) is 2.74. The SMILES string of the molecule is COCC(CC(=O)O)c1ccc(N(CC(C)C)CC(C)C)c(NC(=O)Nc2ccc(Cl)cc2F)c1. The van der Waals surface area contributed by atoms with E-state index in [4.69, 9.17) is 16.3 Å². The van der Waals surface area contributed by atoms with E-state index in [1.807, 2.05) is 12.1 Å². The van der Waals surface area contributed by atoms with E-state index < -0.39 is 23.7 Å². The number of amides is 2. The van der Waals surface area contributed by atoms with Crippen molar-refractivity contribution in [3.63, 3.8) is 0 Å². The molecule has 1 atom stereocenters. The van der Waals surface area contributed by atoms with Crippen LogP contribution in [-0.2, 0) is 9.53 Å². The Morgan fingerprint density at radius 1 is 1.03 bits per heavy atom. The molecule has 9 heteroatoms. The Labute approximate surface area is 211 Å². The molecule has 0 aliphatic carbocycles. The molecule has 2 amide bonds. The Bertz CT molecular complexity index is 1010. The van der Waals surface area contributed by atoms with Crippen LogP contribution in [-0.4, -0.2) is 43.9 Å². The summed E-state index contributed by atoms with van der Waals surface area (Å²) in [6.45, 7) is 10.2. The lowest BCUT2D eigenvalue weighted by atomic mass is 9.95. The van der Waals surface area contributed by atoms with Crippen LogP contribution < -0.4 is 15.5 Å². The number of methoxy groups -OCH3 is 1. The Hall–Kier alpha value is -2.84. The van der Waals surface area contributed by atoms with E-state index in [-0.39, 0.29) is 23.7 Å². The highest BCUT2D eigenvalue weighted by Gasteiger charge is 2.21. The molecule has 3 N–H and O–H groups in total. The summed E-state index contributed by atoms with van der Waals surface area (Å²) < 4.78 is 19.5. The number of ether oxygens (including phenoxy) is 1. The van der Waals surface area contributed by atoms with Crippen LogP contribution >= 0.6 is 11.6 Å². The summed E-state index contributed by atoms with van der Waals surface area (Å²) in [5.41, 5.74) is 2.02. The summed E-state index contributed by atoms with van der Waals surface area (Å²) in [6, 6.07) is 8.91. The van der Waals surface area contributed by atoms with E-state index in [9.17, 15) is 19.1 Å². The highest BCUT2D eigenvalue weighted by molar-refractivity contribution is 6.30. The zero-order chi connectivity index (χ0) is 26.1. The van der Waals surface area contributed by atoms with Gasteiger partial charge in [-0.2, -0.15) is 0 Å². The van der Waals surface area contributed by atoms with Crippen molar-refractivity contribution in [3.8, 4) is 0 Å². The molecular formula is C26H35ClFN3O4. The lowest BCUT2D eigenvalue weighted by molar-refractivity contribution is -0.137. The molecule has 0 aliphatic heterocycles. The minimum atomic E-state index is -0.942. The standard InChI is InChI=1S/C26H35ClFN3O4/c1-16(2)13-31(14-17(3)4)24-9-6-18(19(15-35-5)11-25(32)33)10-23(24)30-26(34)29-22-8-7-20(27)12-21(22)28/h6-10,12,16-17,19H,11,13-15H2,1-5H3,(H,32,33)(H2,29,30,34). The molecule has 0 aromatic heterocycles. The van der Waals surface area contributed by atoms with E-state index in [0.717, 1.165) is 30.4 Å². The zero-order valence-electron chi connectivity index (χ0n) is 20.9. The molecule has 1 unspecified atom stereocenters. The lowest BCUT2D eigenvalue weighted by Crippen LogP contribution is -2.32. The molecule has 35 heavy (non-hydrogen) atoms. The number of rotatable bonds is 12. The number of hydrogen-bond donors (Lipinski definition) is 3. The van der Waals surface area contributed by atoms with E-state index >= 15 is 0 Å². The van der Waals surface area contributed by atoms with Gasteiger partial charge in [-0.1, -0.05) is 45.4 Å². The molecular weight excluding hydrogens is 473 g/mol. The van der Waals surface area contributed by atoms with Crippen LogP contribution in [0.25, 0.3) is 0 Å². The Balaban J connectivity index is 2.46. The van der Waals surface area contributed by atoms with Gasteiger partial charge in [0, 0.05) is 31.1 Å². The number of nitrogens with zero attached hydrogens (tertiary/aromatic N) is 1. The van der Waals surface area contributed by atoms with Crippen molar-refractivity contribution >= 4 is 40.7 Å². The molecule has 0 heterocycles. The largest absolute Gasteiger partial charge is 0.481 e. The van der Waals surface area contributed by atoms with E-state index in [1.165, 1.54) is 19.2 Å². The first-order valence-corrected chi connectivity index (χ1v) is 12.0. The third-order valence-corrected chi connectivity index (χ3v) is 5.46. The van der Waals surface area contributed by atoms with Crippen LogP contribution in [0.15, 0.2) is 36.4 Å². The van der Waals surface area contributed by atoms with Crippen LogP contribution in [0.4, 0.5) is 26.2 Å². The van der Waals surface area contributed by atoms with Gasteiger partial charge in [0.25, 0.3) is 0 Å². The number of carbonyl (C=O) groups excluding carboxylic acids is 1. The van der Waals surface area contributed by atoms with Gasteiger partial charge in [-0.05, 0) is 47.7 Å². The Morgan fingerprint density at radius 2 is 1.66 bits per heavy atom. The number of carboxylic acid groups (broad SMARTS) is 1. The van der Waals surface area contributed by atoms with Gasteiger partial charge < -0.3 is 25.4 Å². The molecule has 0 bridgehead atoms. The highest BCUT2D eigenvalue weighted by Crippen LogP contribution is 2.33. The molecule has 0 aliphatic rings. The second kappa shape index (κ2) is 13.3. The Morgan fingerprint density at radius 3 is 2.20 bits per heavy atom. The van der Waals surface area contributed by atoms with Gasteiger partial charge in [-0.15, -0.1) is 0 Å². The van der Waals surface area contributed by atoms with Gasteiger partial charge in [0.15, 0.2) is 0 Å². The van der Waals surface area contributed by atoms with E-state index in [2.05, 4.69) is 43.2 Å². The number of halogens is 2. The maximum atomic E-state index is 14.2. The quantitative estimate of drug-likeness (QED) is 0.307. The summed E-state index contributed by atoms with van der Waals surface area (Å²) in [7, 11) is 1.52. The van der Waals surface area contributed by atoms with Gasteiger partial charge in [0.2, 0.25) is 0 Å². The molecule has 0 fully saturated rings. The van der Waals surface area contributed by atoms with Gasteiger partial charge in [-0.3, -0.25) is 4.79 Å². The second-order valence-corrected chi connectivity index (χ2v) is 9.86. The number of hydrogen-bond acceptors (Lipinski definition) is 4. The minimum Gasteiger partial charge on any atom is -0.481 e. The van der Waals surface area contributed by atoms with Crippen molar-refractivity contribution in [1.82, 2.24) is 0 Å². The average molecular weight is 508 g/mol. The van der Waals surface area contributed by atoms with E-state index in [0.29, 0.717) is 17.5 Å². The number of nitrogens with one attached hydrogen (secondary N) is 2. The summed E-state index contributed by atoms with van der Waals surface area (Å²) in [4.78, 5) is 26.5. The van der Waals surface area contributed by atoms with Crippen molar-refractivity contribution in [2.24, 2.45) is 11.8 Å². The lowest BCUT2D eigenvalue weighted by Gasteiger charge is -2.31. The Kier molecular flexibility index (Phi) is 10.8. The second-order valence-electron chi connectivity index (χ2n) is 9.42. The first-order valence-electron chi connectivity index (χ1n) is 11.6. The maximum absolute atomic E-state index is 14.2. The number of anilines is 3. The zero-order valence-corrected chi connectivity index (χ0v) is 21.7. The fourth-order valence-corrected chi connectivity index (χ4v) is 4.05. The predicted octanol–water partition coefficient (Wildman–Crippen LogP) is 6.45. The molecule has 7 nitrogen and oxygen atoms in total. The number of aliphatic carboxylic acids is 1. The number of urea groups is 1. The molecule has 2 rings (SSSR count). The number of benzene rings is 2. The van der Waals surface area contributed by atoms with Gasteiger partial charge in [0.05, 0.1) is 30.1 Å². The molecule has 0 spiro atoms. The van der Waals surface area contributed by atoms with Crippen LogP contribution in [0.2, 0.25) is 5.02 Å². The van der Waals surface area contributed by atoms with Crippen molar-refractivity contribution in [1.29, 1.82) is 0 Å². The summed E-state index contributed by atoms with van der Waals surface area (Å²) >= 11 is 5.80.